The van der Waals surface area contributed by atoms with Gasteiger partial charge in [0.2, 0.25) is 0 Å². The second-order valence-corrected chi connectivity index (χ2v) is 9.23. The molecular weight excluding hydrogens is 390 g/mol. The van der Waals surface area contributed by atoms with Gasteiger partial charge in [-0.25, -0.2) is 0 Å². The quantitative estimate of drug-likeness (QED) is 0.278. The second-order valence-electron chi connectivity index (χ2n) is 6.30. The topological polar surface area (TPSA) is 103 Å². The predicted molar refractivity (Wildman–Crippen MR) is 95.2 cm³/mol. The van der Waals surface area contributed by atoms with Crippen molar-refractivity contribution in [1.82, 2.24) is 0 Å². The summed E-state index contributed by atoms with van der Waals surface area (Å²) in [5.41, 5.74) is 0.681. The minimum atomic E-state index is -4.70. The average Bonchev–Trinajstić information content (AvgIpc) is 2.57. The second kappa shape index (κ2) is 8.37. The summed E-state index contributed by atoms with van der Waals surface area (Å²) < 4.78 is 60.7. The van der Waals surface area contributed by atoms with Gasteiger partial charge in [-0.15, -0.1) is 0 Å². The molecule has 0 heterocycles. The summed E-state index contributed by atoms with van der Waals surface area (Å²) in [6.45, 7) is 4.85. The number of hydrogen-bond acceptors (Lipinski definition) is 7. The van der Waals surface area contributed by atoms with Crippen molar-refractivity contribution in [3.8, 4) is 0 Å². The fourth-order valence-electron chi connectivity index (χ4n) is 2.44. The maximum absolute atomic E-state index is 12.7. The highest BCUT2D eigenvalue weighted by molar-refractivity contribution is 7.55. The first kappa shape index (κ1) is 23.1. The third kappa shape index (κ3) is 5.50. The van der Waals surface area contributed by atoms with E-state index in [9.17, 15) is 27.9 Å². The van der Waals surface area contributed by atoms with Crippen molar-refractivity contribution < 1.29 is 31.7 Å². The number of benzene rings is 1. The van der Waals surface area contributed by atoms with E-state index in [-0.39, 0.29) is 12.1 Å². The van der Waals surface area contributed by atoms with Gasteiger partial charge in [0, 0.05) is 32.4 Å². The zero-order chi connectivity index (χ0) is 21.0. The maximum atomic E-state index is 12.7. The smallest absolute Gasteiger partial charge is 0.312 e. The Labute approximate surface area is 154 Å². The van der Waals surface area contributed by atoms with Crippen molar-refractivity contribution in [3.63, 3.8) is 0 Å². The van der Waals surface area contributed by atoms with Gasteiger partial charge in [0.05, 0.1) is 15.6 Å². The van der Waals surface area contributed by atoms with E-state index in [0.29, 0.717) is 17.8 Å². The zero-order valence-electron chi connectivity index (χ0n) is 15.5. The summed E-state index contributed by atoms with van der Waals surface area (Å²) >= 11 is 0. The molecule has 0 saturated carbocycles. The fourth-order valence-corrected chi connectivity index (χ4v) is 4.00. The number of nitro groups is 1. The molecule has 0 radical (unpaired) electrons. The molecule has 0 aliphatic heterocycles. The molecule has 1 N–H and O–H groups in total. The van der Waals surface area contributed by atoms with E-state index in [0.717, 1.165) is 6.07 Å². The third-order valence-corrected chi connectivity index (χ3v) is 6.40. The van der Waals surface area contributed by atoms with Gasteiger partial charge in [0.15, 0.2) is 0 Å². The van der Waals surface area contributed by atoms with Crippen LogP contribution in [0.2, 0.25) is 0 Å². The van der Waals surface area contributed by atoms with Gasteiger partial charge in [-0.1, -0.05) is 0 Å². The molecule has 0 aliphatic rings. The lowest BCUT2D eigenvalue weighted by Crippen LogP contribution is -2.25. The highest BCUT2D eigenvalue weighted by Gasteiger charge is 2.42. The largest absolute Gasteiger partial charge is 0.416 e. The van der Waals surface area contributed by atoms with Crippen LogP contribution in [0.4, 0.5) is 24.5 Å². The first-order valence-electron chi connectivity index (χ1n) is 7.64. The van der Waals surface area contributed by atoms with Gasteiger partial charge in [0.25, 0.3) is 5.69 Å². The average molecular weight is 411 g/mol. The number of hydrogen-bond donors (Lipinski definition) is 1. The lowest BCUT2D eigenvalue weighted by Gasteiger charge is -2.30. The Hall–Kier alpha value is -1.97. The predicted octanol–water partition coefficient (Wildman–Crippen LogP) is 5.06. The molecule has 8 nitrogen and oxygen atoms in total. The van der Waals surface area contributed by atoms with Crippen LogP contribution in [-0.4, -0.2) is 30.0 Å². The Morgan fingerprint density at radius 2 is 1.85 bits per heavy atom. The molecule has 152 valence electrons. The molecular formula is C15H21F3N3O5P. The van der Waals surface area contributed by atoms with E-state index in [1.165, 1.54) is 14.2 Å². The van der Waals surface area contributed by atoms with Crippen molar-refractivity contribution >= 4 is 24.7 Å². The van der Waals surface area contributed by atoms with Gasteiger partial charge < -0.3 is 9.05 Å². The Bertz CT molecular complexity index is 772. The van der Waals surface area contributed by atoms with Crippen LogP contribution >= 0.6 is 7.60 Å². The Morgan fingerprint density at radius 1 is 1.30 bits per heavy atom. The normalized spacial score (nSPS) is 13.6. The zero-order valence-corrected chi connectivity index (χ0v) is 16.4. The summed E-state index contributed by atoms with van der Waals surface area (Å²) in [4.78, 5) is 10.1. The molecule has 0 saturated heterocycles. The number of alkyl halides is 3. The number of anilines is 1. The summed E-state index contributed by atoms with van der Waals surface area (Å²) in [6, 6.07) is 2.08. The summed E-state index contributed by atoms with van der Waals surface area (Å²) in [5, 5.41) is 14.1. The van der Waals surface area contributed by atoms with Crippen LogP contribution in [0.15, 0.2) is 23.3 Å². The van der Waals surface area contributed by atoms with Crippen LogP contribution in [0.5, 0.6) is 0 Å². The fraction of sp³-hybridized carbons (Fsp3) is 0.533. The van der Waals surface area contributed by atoms with Crippen molar-refractivity contribution in [2.45, 2.75) is 38.5 Å². The van der Waals surface area contributed by atoms with Crippen LogP contribution < -0.4 is 5.43 Å². The highest BCUT2D eigenvalue weighted by Crippen LogP contribution is 2.60. The number of hydrazone groups is 1. The number of rotatable bonds is 8. The van der Waals surface area contributed by atoms with Crippen LogP contribution in [0.1, 0.15) is 32.8 Å². The van der Waals surface area contributed by atoms with Crippen LogP contribution in [0, 0.1) is 10.1 Å². The van der Waals surface area contributed by atoms with Crippen LogP contribution in [0.25, 0.3) is 0 Å². The van der Waals surface area contributed by atoms with E-state index in [1.807, 2.05) is 0 Å². The van der Waals surface area contributed by atoms with Gasteiger partial charge in [-0.3, -0.25) is 20.1 Å². The molecule has 1 aromatic rings. The van der Waals surface area contributed by atoms with Gasteiger partial charge in [-0.2, -0.15) is 18.3 Å². The van der Waals surface area contributed by atoms with E-state index < -0.39 is 35.1 Å². The molecule has 0 fully saturated rings. The molecule has 1 rings (SSSR count). The number of nitrogens with one attached hydrogen (secondary N) is 1. The van der Waals surface area contributed by atoms with Crippen molar-refractivity contribution in [2.75, 3.05) is 19.6 Å². The number of nitro benzene ring substituents is 1. The van der Waals surface area contributed by atoms with E-state index in [2.05, 4.69) is 10.5 Å². The van der Waals surface area contributed by atoms with Crippen molar-refractivity contribution in [3.05, 3.63) is 33.9 Å². The Kier molecular flexibility index (Phi) is 7.15. The van der Waals surface area contributed by atoms with E-state index >= 15 is 0 Å². The van der Waals surface area contributed by atoms with Gasteiger partial charge in [0.1, 0.15) is 5.69 Å². The summed E-state index contributed by atoms with van der Waals surface area (Å²) in [5.74, 6) is 0. The van der Waals surface area contributed by atoms with Crippen LogP contribution in [-0.2, 0) is 19.8 Å². The van der Waals surface area contributed by atoms with Crippen molar-refractivity contribution in [2.24, 2.45) is 5.10 Å². The molecule has 0 atom stereocenters. The Morgan fingerprint density at radius 3 is 2.30 bits per heavy atom. The van der Waals surface area contributed by atoms with E-state index in [1.54, 1.807) is 20.8 Å². The highest BCUT2D eigenvalue weighted by atomic mass is 31.2. The monoisotopic (exact) mass is 411 g/mol. The molecule has 0 spiro atoms. The number of nitrogens with zero attached hydrogens (tertiary/aromatic N) is 2. The molecule has 0 unspecified atom stereocenters. The standard InChI is InChI=1S/C15H21F3N3O5P/c1-10(9-14(2,3)27(24,25-4)26-5)19-20-12-7-6-11(15(16,17)18)8-13(12)21(22)23/h6-8,20H,9H2,1-5H3/b19-10+. The molecule has 0 amide bonds. The van der Waals surface area contributed by atoms with Crippen molar-refractivity contribution in [1.29, 1.82) is 0 Å². The summed E-state index contributed by atoms with van der Waals surface area (Å²) in [6.07, 6.45) is -4.55. The minimum Gasteiger partial charge on any atom is -0.312 e. The molecule has 0 bridgehead atoms. The molecule has 0 aromatic heterocycles. The number of halogens is 3. The third-order valence-electron chi connectivity index (χ3n) is 3.80. The Balaban J connectivity index is 3.08. The first-order valence-corrected chi connectivity index (χ1v) is 9.18. The van der Waals surface area contributed by atoms with E-state index in [4.69, 9.17) is 9.05 Å². The first-order chi connectivity index (χ1) is 12.3. The molecule has 12 heteroatoms. The molecule has 1 aromatic carbocycles. The van der Waals surface area contributed by atoms with Gasteiger partial charge >= 0.3 is 13.8 Å². The molecule has 27 heavy (non-hydrogen) atoms. The van der Waals surface area contributed by atoms with Gasteiger partial charge in [-0.05, 0) is 32.9 Å². The molecule has 0 aliphatic carbocycles. The minimum absolute atomic E-state index is 0.146. The lowest BCUT2D eigenvalue weighted by atomic mass is 10.1. The maximum Gasteiger partial charge on any atom is 0.416 e. The lowest BCUT2D eigenvalue weighted by molar-refractivity contribution is -0.384. The summed E-state index contributed by atoms with van der Waals surface area (Å²) in [7, 11) is -0.921. The van der Waals surface area contributed by atoms with Crippen LogP contribution in [0.3, 0.4) is 0 Å². The SMILES string of the molecule is COP(=O)(OC)C(C)(C)C/C(C)=N/Nc1ccc(C(F)(F)F)cc1[N+](=O)[O-].